The highest BCUT2D eigenvalue weighted by molar-refractivity contribution is 7.89. The highest BCUT2D eigenvalue weighted by atomic mass is 32.2. The molecular weight excluding hydrogens is 394 g/mol. The highest BCUT2D eigenvalue weighted by Gasteiger charge is 2.23. The van der Waals surface area contributed by atoms with Crippen LogP contribution in [0, 0.1) is 0 Å². The van der Waals surface area contributed by atoms with Gasteiger partial charge in [-0.15, -0.1) is 0 Å². The van der Waals surface area contributed by atoms with Crippen molar-refractivity contribution < 1.29 is 18.4 Å². The van der Waals surface area contributed by atoms with Crippen LogP contribution >= 0.6 is 0 Å². The average molecular weight is 413 g/mol. The predicted molar refractivity (Wildman–Crippen MR) is 107 cm³/mol. The fourth-order valence-corrected chi connectivity index (χ4v) is 3.34. The monoisotopic (exact) mass is 413 g/mol. The minimum absolute atomic E-state index is 0.0267. The molecule has 0 spiro atoms. The summed E-state index contributed by atoms with van der Waals surface area (Å²) < 4.78 is 24.4. The Morgan fingerprint density at radius 1 is 1.14 bits per heavy atom. The van der Waals surface area contributed by atoms with Gasteiger partial charge in [0.25, 0.3) is 0 Å². The molecule has 3 aromatic rings. The van der Waals surface area contributed by atoms with Gasteiger partial charge in [-0.25, -0.2) is 23.0 Å². The van der Waals surface area contributed by atoms with Crippen molar-refractivity contribution in [2.45, 2.75) is 11.1 Å². The van der Waals surface area contributed by atoms with E-state index in [9.17, 15) is 18.4 Å². The fraction of sp³-hybridized carbons (Fsp3) is 0.0526. The lowest BCUT2D eigenvalue weighted by atomic mass is 10.0. The van der Waals surface area contributed by atoms with E-state index < -0.39 is 22.2 Å². The summed E-state index contributed by atoms with van der Waals surface area (Å²) in [5, 5.41) is 19.9. The maximum Gasteiger partial charge on any atom is 0.340 e. The Morgan fingerprint density at radius 2 is 1.76 bits per heavy atom. The fourth-order valence-electron chi connectivity index (χ4n) is 2.82. The molecule has 1 aromatic heterocycles. The van der Waals surface area contributed by atoms with Gasteiger partial charge in [0, 0.05) is 17.3 Å². The Bertz CT molecular complexity index is 1140. The van der Waals surface area contributed by atoms with Gasteiger partial charge >= 0.3 is 6.03 Å². The summed E-state index contributed by atoms with van der Waals surface area (Å²) in [6.07, 6.45) is 1.91. The topological polar surface area (TPSA) is 145 Å². The Balaban J connectivity index is 2.16. The summed E-state index contributed by atoms with van der Waals surface area (Å²) >= 11 is 0. The van der Waals surface area contributed by atoms with Crippen LogP contribution in [0.15, 0.2) is 78.3 Å². The lowest BCUT2D eigenvalue weighted by Gasteiger charge is -2.21. The summed E-state index contributed by atoms with van der Waals surface area (Å²) in [7, 11) is -3.83. The van der Waals surface area contributed by atoms with Crippen molar-refractivity contribution in [3.8, 4) is 22.4 Å². The number of hydrogen-bond donors (Lipinski definition) is 3. The van der Waals surface area contributed by atoms with E-state index in [-0.39, 0.29) is 4.90 Å². The van der Waals surface area contributed by atoms with Crippen molar-refractivity contribution in [3.05, 3.63) is 73.4 Å². The van der Waals surface area contributed by atoms with Gasteiger partial charge in [0.2, 0.25) is 10.0 Å². The van der Waals surface area contributed by atoms with E-state index >= 15 is 0 Å². The first-order valence-corrected chi connectivity index (χ1v) is 9.95. The van der Waals surface area contributed by atoms with E-state index in [4.69, 9.17) is 10.9 Å². The van der Waals surface area contributed by atoms with E-state index in [1.54, 1.807) is 18.3 Å². The SMILES string of the molecule is C=CC(N(O)C(N)=O)n1cc(-c2ccccc2)c(-c2ccc(S(N)(=O)=O)cc2)n1. The van der Waals surface area contributed by atoms with Crippen LogP contribution in [-0.2, 0) is 10.0 Å². The number of primary amides is 1. The summed E-state index contributed by atoms with van der Waals surface area (Å²) in [5.74, 6) is 0. The Kier molecular flexibility index (Phi) is 5.50. The molecule has 0 saturated carbocycles. The number of hydroxylamine groups is 2. The molecule has 1 atom stereocenters. The molecular formula is C19H19N5O4S. The number of hydrogen-bond acceptors (Lipinski definition) is 5. The second-order valence-electron chi connectivity index (χ2n) is 6.14. The van der Waals surface area contributed by atoms with Crippen LogP contribution in [0.1, 0.15) is 6.17 Å². The summed E-state index contributed by atoms with van der Waals surface area (Å²) in [6.45, 7) is 3.61. The molecule has 29 heavy (non-hydrogen) atoms. The van der Waals surface area contributed by atoms with E-state index in [0.29, 0.717) is 21.9 Å². The first-order valence-electron chi connectivity index (χ1n) is 8.40. The Labute approximate surface area is 167 Å². The highest BCUT2D eigenvalue weighted by Crippen LogP contribution is 2.33. The smallest absolute Gasteiger partial charge is 0.340 e. The van der Waals surface area contributed by atoms with Crippen molar-refractivity contribution in [3.63, 3.8) is 0 Å². The van der Waals surface area contributed by atoms with Crippen LogP contribution < -0.4 is 10.9 Å². The third-order valence-corrected chi connectivity index (χ3v) is 5.16. The molecule has 0 saturated heterocycles. The maximum absolute atomic E-state index is 11.5. The second kappa shape index (κ2) is 7.87. The maximum atomic E-state index is 11.5. The molecule has 150 valence electrons. The zero-order valence-corrected chi connectivity index (χ0v) is 16.0. The minimum Gasteiger partial charge on any atom is -0.350 e. The van der Waals surface area contributed by atoms with Gasteiger partial charge < -0.3 is 5.73 Å². The number of rotatable bonds is 6. The molecule has 1 heterocycles. The molecule has 0 radical (unpaired) electrons. The molecule has 9 nitrogen and oxygen atoms in total. The van der Waals surface area contributed by atoms with Gasteiger partial charge in [-0.3, -0.25) is 5.21 Å². The Morgan fingerprint density at radius 3 is 2.28 bits per heavy atom. The van der Waals surface area contributed by atoms with Crippen molar-refractivity contribution in [2.24, 2.45) is 10.9 Å². The van der Waals surface area contributed by atoms with Crippen LogP contribution in [-0.4, -0.2) is 34.5 Å². The molecule has 0 aliphatic rings. The number of benzene rings is 2. The standard InChI is InChI=1S/C19H19N5O4S/c1-2-17(24(26)19(20)25)23-12-16(13-6-4-3-5-7-13)18(22-23)14-8-10-15(11-9-14)29(21,27)28/h2-12,17,26H,1H2,(H2,20,25)(H2,21,27,28). The van der Waals surface area contributed by atoms with E-state index in [2.05, 4.69) is 11.7 Å². The van der Waals surface area contributed by atoms with Gasteiger partial charge in [0.05, 0.1) is 4.90 Å². The molecule has 1 unspecified atom stereocenters. The average Bonchev–Trinajstić information content (AvgIpc) is 3.13. The molecule has 10 heteroatoms. The zero-order chi connectivity index (χ0) is 21.2. The van der Waals surface area contributed by atoms with Crippen molar-refractivity contribution in [2.75, 3.05) is 0 Å². The van der Waals surface area contributed by atoms with Gasteiger partial charge in [-0.2, -0.15) is 10.2 Å². The Hall–Kier alpha value is -3.47. The van der Waals surface area contributed by atoms with Crippen LogP contribution in [0.2, 0.25) is 0 Å². The lowest BCUT2D eigenvalue weighted by Crippen LogP contribution is -2.38. The van der Waals surface area contributed by atoms with E-state index in [1.165, 1.54) is 22.9 Å². The van der Waals surface area contributed by atoms with Crippen LogP contribution in [0.25, 0.3) is 22.4 Å². The minimum atomic E-state index is -3.83. The van der Waals surface area contributed by atoms with Gasteiger partial charge in [-0.1, -0.05) is 49.0 Å². The second-order valence-corrected chi connectivity index (χ2v) is 7.70. The number of aromatic nitrogens is 2. The van der Waals surface area contributed by atoms with Gasteiger partial charge in [0.15, 0.2) is 6.17 Å². The molecule has 0 aliphatic carbocycles. The van der Waals surface area contributed by atoms with Crippen LogP contribution in [0.3, 0.4) is 0 Å². The van der Waals surface area contributed by atoms with Gasteiger partial charge in [0.1, 0.15) is 5.69 Å². The first-order chi connectivity index (χ1) is 13.7. The number of nitrogens with zero attached hydrogens (tertiary/aromatic N) is 3. The van der Waals surface area contributed by atoms with E-state index in [1.807, 2.05) is 30.3 Å². The lowest BCUT2D eigenvalue weighted by molar-refractivity contribution is -0.0860. The number of urea groups is 1. The first kappa shape index (κ1) is 20.3. The quantitative estimate of drug-likeness (QED) is 0.323. The predicted octanol–water partition coefficient (Wildman–Crippen LogP) is 2.32. The summed E-state index contributed by atoms with van der Waals surface area (Å²) in [4.78, 5) is 11.3. The number of sulfonamides is 1. The molecule has 2 amide bonds. The zero-order valence-electron chi connectivity index (χ0n) is 15.2. The third-order valence-electron chi connectivity index (χ3n) is 4.23. The summed E-state index contributed by atoms with van der Waals surface area (Å²) in [5.41, 5.74) is 7.79. The van der Waals surface area contributed by atoms with Crippen LogP contribution in [0.4, 0.5) is 4.79 Å². The van der Waals surface area contributed by atoms with Crippen LogP contribution in [0.5, 0.6) is 0 Å². The molecule has 0 bridgehead atoms. The van der Waals surface area contributed by atoms with Crippen molar-refractivity contribution in [1.29, 1.82) is 0 Å². The third kappa shape index (κ3) is 4.19. The van der Waals surface area contributed by atoms with Crippen molar-refractivity contribution in [1.82, 2.24) is 14.8 Å². The molecule has 5 N–H and O–H groups in total. The molecule has 0 aliphatic heterocycles. The number of primary sulfonamides is 1. The number of carbonyl (C=O) groups excluding carboxylic acids is 1. The van der Waals surface area contributed by atoms with Gasteiger partial charge in [-0.05, 0) is 23.8 Å². The number of carbonyl (C=O) groups is 1. The largest absolute Gasteiger partial charge is 0.350 e. The number of nitrogens with two attached hydrogens (primary N) is 2. The molecule has 2 aromatic carbocycles. The summed E-state index contributed by atoms with van der Waals surface area (Å²) in [6, 6.07) is 14.2. The van der Waals surface area contributed by atoms with Crippen molar-refractivity contribution >= 4 is 16.1 Å². The molecule has 0 fully saturated rings. The molecule has 3 rings (SSSR count). The number of amides is 2. The normalized spacial score (nSPS) is 12.3. The van der Waals surface area contributed by atoms with E-state index in [0.717, 1.165) is 5.56 Å².